The largest absolute Gasteiger partial charge is 0.480 e. The molecule has 2 aromatic carbocycles. The van der Waals surface area contributed by atoms with E-state index < -0.39 is 35.9 Å². The van der Waals surface area contributed by atoms with Crippen LogP contribution in [-0.2, 0) is 22.6 Å². The lowest BCUT2D eigenvalue weighted by molar-refractivity contribution is -0.172. The van der Waals surface area contributed by atoms with Gasteiger partial charge < -0.3 is 15.0 Å². The van der Waals surface area contributed by atoms with E-state index in [4.69, 9.17) is 0 Å². The highest BCUT2D eigenvalue weighted by molar-refractivity contribution is 6.22. The van der Waals surface area contributed by atoms with E-state index in [1.807, 2.05) is 5.32 Å². The number of halogens is 3. The lowest BCUT2D eigenvalue weighted by atomic mass is 9.99. The fourth-order valence-electron chi connectivity index (χ4n) is 4.83. The van der Waals surface area contributed by atoms with E-state index in [1.165, 1.54) is 18.2 Å². The van der Waals surface area contributed by atoms with Gasteiger partial charge in [0.15, 0.2) is 0 Å². The van der Waals surface area contributed by atoms with Gasteiger partial charge in [0.2, 0.25) is 0 Å². The molecule has 8 nitrogen and oxygen atoms in total. The Hall–Kier alpha value is -4.41. The molecule has 0 fully saturated rings. The molecular weight excluding hydrogens is 479 g/mol. The van der Waals surface area contributed by atoms with Crippen molar-refractivity contribution in [3.05, 3.63) is 77.0 Å². The molecule has 2 N–H and O–H groups in total. The van der Waals surface area contributed by atoms with Gasteiger partial charge in [0.1, 0.15) is 6.04 Å². The third kappa shape index (κ3) is 3.63. The van der Waals surface area contributed by atoms with E-state index in [9.17, 15) is 37.5 Å². The molecule has 3 heterocycles. The zero-order valence-corrected chi connectivity index (χ0v) is 18.5. The third-order valence-corrected chi connectivity index (χ3v) is 6.36. The summed E-state index contributed by atoms with van der Waals surface area (Å²) in [5, 5.41) is 12.5. The van der Waals surface area contributed by atoms with Crippen molar-refractivity contribution >= 4 is 40.3 Å². The molecule has 0 aliphatic carbocycles. The highest BCUT2D eigenvalue weighted by Gasteiger charge is 2.44. The molecule has 2 aliphatic rings. The number of amides is 3. The number of carbonyl (C=O) groups is 4. The van der Waals surface area contributed by atoms with Crippen LogP contribution >= 0.6 is 0 Å². The van der Waals surface area contributed by atoms with Gasteiger partial charge in [0.25, 0.3) is 11.8 Å². The van der Waals surface area contributed by atoms with Gasteiger partial charge in [-0.2, -0.15) is 13.2 Å². The highest BCUT2D eigenvalue weighted by Crippen LogP contribution is 2.36. The van der Waals surface area contributed by atoms with E-state index in [-0.39, 0.29) is 28.9 Å². The highest BCUT2D eigenvalue weighted by atomic mass is 19.4. The number of allylic oxidation sites excluding steroid dienone is 1. The van der Waals surface area contributed by atoms with Crippen LogP contribution in [0.25, 0.3) is 16.6 Å². The van der Waals surface area contributed by atoms with Crippen LogP contribution in [0.2, 0.25) is 0 Å². The summed E-state index contributed by atoms with van der Waals surface area (Å²) in [6, 6.07) is 11.2. The molecule has 0 radical (unpaired) electrons. The van der Waals surface area contributed by atoms with Crippen molar-refractivity contribution in [2.24, 2.45) is 0 Å². The van der Waals surface area contributed by atoms with Gasteiger partial charge in [-0.05, 0) is 30.2 Å². The fourth-order valence-corrected chi connectivity index (χ4v) is 4.83. The Morgan fingerprint density at radius 1 is 1.00 bits per heavy atom. The molecule has 1 atom stereocenters. The van der Waals surface area contributed by atoms with Gasteiger partial charge in [-0.25, -0.2) is 4.79 Å². The molecule has 5 rings (SSSR count). The molecule has 0 spiro atoms. The van der Waals surface area contributed by atoms with Gasteiger partial charge in [-0.1, -0.05) is 36.4 Å². The molecule has 0 saturated carbocycles. The maximum atomic E-state index is 13.0. The average Bonchev–Trinajstić information content (AvgIpc) is 3.29. The topological polar surface area (TPSA) is 109 Å². The molecule has 0 bridgehead atoms. The predicted octanol–water partition coefficient (Wildman–Crippen LogP) is 3.36. The Bertz CT molecular complexity index is 1450. The summed E-state index contributed by atoms with van der Waals surface area (Å²) in [5.74, 6) is -5.13. The number of para-hydroxylation sites is 1. The van der Waals surface area contributed by atoms with Crippen molar-refractivity contribution in [3.8, 4) is 0 Å². The molecular formula is C25H18F3N3O5. The van der Waals surface area contributed by atoms with Crippen molar-refractivity contribution in [3.63, 3.8) is 0 Å². The molecule has 11 heteroatoms. The number of carbonyl (C=O) groups excluding carboxylic acids is 3. The number of aliphatic carboxylic acids is 1. The molecule has 184 valence electrons. The van der Waals surface area contributed by atoms with Crippen LogP contribution in [0.3, 0.4) is 0 Å². The average molecular weight is 497 g/mol. The van der Waals surface area contributed by atoms with Crippen LogP contribution in [0.15, 0.2) is 54.6 Å². The number of hydrogen-bond donors (Lipinski definition) is 2. The predicted molar refractivity (Wildman–Crippen MR) is 121 cm³/mol. The van der Waals surface area contributed by atoms with Gasteiger partial charge in [0, 0.05) is 23.9 Å². The first kappa shape index (κ1) is 23.3. The molecule has 0 saturated heterocycles. The minimum atomic E-state index is -5.13. The molecule has 2 aliphatic heterocycles. The summed E-state index contributed by atoms with van der Waals surface area (Å²) >= 11 is 0. The van der Waals surface area contributed by atoms with Gasteiger partial charge in [-0.3, -0.25) is 19.3 Å². The Labute approximate surface area is 201 Å². The maximum Gasteiger partial charge on any atom is 0.471 e. The van der Waals surface area contributed by atoms with Crippen LogP contribution in [0.1, 0.15) is 38.4 Å². The van der Waals surface area contributed by atoms with Crippen LogP contribution in [0.4, 0.5) is 13.2 Å². The summed E-state index contributed by atoms with van der Waals surface area (Å²) in [7, 11) is 0. The zero-order chi connectivity index (χ0) is 25.8. The van der Waals surface area contributed by atoms with E-state index in [0.717, 1.165) is 0 Å². The second kappa shape index (κ2) is 8.36. The number of carboxylic acid groups (broad SMARTS) is 1. The van der Waals surface area contributed by atoms with E-state index >= 15 is 0 Å². The van der Waals surface area contributed by atoms with Crippen molar-refractivity contribution in [2.45, 2.75) is 31.6 Å². The SMILES string of the molecule is O=C(O)[C@H](Cc1c2n(c3ccccc13)CCC=C2NC(=O)C(F)(F)F)N1C(=O)c2ccccc2C1=O. The second-order valence-electron chi connectivity index (χ2n) is 8.44. The lowest BCUT2D eigenvalue weighted by Gasteiger charge is -2.25. The second-order valence-corrected chi connectivity index (χ2v) is 8.44. The smallest absolute Gasteiger partial charge is 0.471 e. The maximum absolute atomic E-state index is 13.0. The summed E-state index contributed by atoms with van der Waals surface area (Å²) in [6.45, 7) is 0.381. The lowest BCUT2D eigenvalue weighted by Crippen LogP contribution is -2.46. The monoisotopic (exact) mass is 497 g/mol. The number of alkyl halides is 3. The standard InChI is InChI=1S/C25H18F3N3O5/c26-25(27,28)24(36)29-17-9-5-11-30-18-10-4-3-6-13(18)16(20(17)30)12-19(23(34)35)31-21(32)14-7-1-2-8-15(14)22(31)33/h1-4,6-10,19H,5,11-12H2,(H,29,36)(H,34,35)/t19-/m0/s1. The molecule has 1 aromatic heterocycles. The van der Waals surface area contributed by atoms with Crippen LogP contribution in [0.5, 0.6) is 0 Å². The minimum absolute atomic E-state index is 0.0792. The Morgan fingerprint density at radius 3 is 2.22 bits per heavy atom. The number of aromatic nitrogens is 1. The number of nitrogens with zero attached hydrogens (tertiary/aromatic N) is 2. The Balaban J connectivity index is 1.61. The van der Waals surface area contributed by atoms with Gasteiger partial charge in [0.05, 0.1) is 22.5 Å². The normalized spacial score (nSPS) is 16.0. The number of aryl methyl sites for hydroxylation is 1. The number of fused-ring (bicyclic) bond motifs is 4. The minimum Gasteiger partial charge on any atom is -0.480 e. The Kier molecular flexibility index (Phi) is 5.42. The van der Waals surface area contributed by atoms with Gasteiger partial charge >= 0.3 is 18.1 Å². The number of hydrogen-bond acceptors (Lipinski definition) is 4. The van der Waals surface area contributed by atoms with E-state index in [2.05, 4.69) is 0 Å². The van der Waals surface area contributed by atoms with Gasteiger partial charge in [-0.15, -0.1) is 0 Å². The summed E-state index contributed by atoms with van der Waals surface area (Å²) in [5.41, 5.74) is 1.19. The summed E-state index contributed by atoms with van der Waals surface area (Å²) in [4.78, 5) is 50.8. The summed E-state index contributed by atoms with van der Waals surface area (Å²) in [6.07, 6.45) is -3.72. The van der Waals surface area contributed by atoms with Crippen molar-refractivity contribution < 1.29 is 37.5 Å². The summed E-state index contributed by atoms with van der Waals surface area (Å²) < 4.78 is 40.8. The fraction of sp³-hybridized carbons (Fsp3) is 0.200. The van der Waals surface area contributed by atoms with Crippen LogP contribution in [-0.4, -0.2) is 50.5 Å². The number of rotatable bonds is 5. The van der Waals surface area contributed by atoms with Crippen molar-refractivity contribution in [1.29, 1.82) is 0 Å². The first-order valence-electron chi connectivity index (χ1n) is 11.0. The van der Waals surface area contributed by atoms with Crippen molar-refractivity contribution in [2.75, 3.05) is 0 Å². The molecule has 36 heavy (non-hydrogen) atoms. The molecule has 3 amide bonds. The number of carboxylic acids is 1. The number of imide groups is 1. The first-order valence-corrected chi connectivity index (χ1v) is 11.0. The number of benzene rings is 2. The number of nitrogens with one attached hydrogen (secondary N) is 1. The van der Waals surface area contributed by atoms with E-state index in [0.29, 0.717) is 34.3 Å². The van der Waals surface area contributed by atoms with Crippen LogP contribution in [0, 0.1) is 0 Å². The van der Waals surface area contributed by atoms with Crippen molar-refractivity contribution in [1.82, 2.24) is 14.8 Å². The first-order chi connectivity index (χ1) is 17.1. The van der Waals surface area contributed by atoms with Crippen LogP contribution < -0.4 is 5.32 Å². The molecule has 0 unspecified atom stereocenters. The quantitative estimate of drug-likeness (QED) is 0.526. The van der Waals surface area contributed by atoms with E-state index in [1.54, 1.807) is 41.0 Å². The zero-order valence-electron chi connectivity index (χ0n) is 18.5. The molecule has 3 aromatic rings. The third-order valence-electron chi connectivity index (χ3n) is 6.36. The Morgan fingerprint density at radius 2 is 1.61 bits per heavy atom.